The van der Waals surface area contributed by atoms with Gasteiger partial charge in [0.1, 0.15) is 5.41 Å². The van der Waals surface area contributed by atoms with Crippen molar-refractivity contribution in [2.24, 2.45) is 11.3 Å². The Morgan fingerprint density at radius 1 is 0.984 bits per heavy atom. The summed E-state index contributed by atoms with van der Waals surface area (Å²) in [7, 11) is 4.93. The van der Waals surface area contributed by atoms with Gasteiger partial charge < -0.3 is 29.6 Å². The molecule has 2 aromatic carbocycles. The number of aromatic nitrogens is 1. The molecule has 3 unspecified atom stereocenters. The Morgan fingerprint density at radius 2 is 1.81 bits per heavy atom. The number of esters is 2. The number of methoxy groups -OCH3 is 2. The highest BCUT2D eigenvalue weighted by Crippen LogP contribution is 2.67. The first-order valence-electron chi connectivity index (χ1n) is 23.3. The van der Waals surface area contributed by atoms with Crippen molar-refractivity contribution >= 4 is 52.1 Å². The number of hydrogen-bond donors (Lipinski definition) is 3. The van der Waals surface area contributed by atoms with Crippen molar-refractivity contribution in [2.45, 2.75) is 130 Å². The number of benzene rings is 2. The largest absolute Gasteiger partial charge is 0.468 e. The van der Waals surface area contributed by atoms with Crippen LogP contribution in [0.3, 0.4) is 0 Å². The van der Waals surface area contributed by atoms with Gasteiger partial charge in [-0.25, -0.2) is 4.79 Å². The van der Waals surface area contributed by atoms with E-state index >= 15 is 4.79 Å². The molecular formula is C50H66N4O6S2. The van der Waals surface area contributed by atoms with Crippen LogP contribution < -0.4 is 4.90 Å². The number of aromatic amines is 1. The van der Waals surface area contributed by atoms with E-state index in [1.54, 1.807) is 0 Å². The first-order chi connectivity index (χ1) is 29.8. The van der Waals surface area contributed by atoms with Crippen molar-refractivity contribution in [1.29, 1.82) is 0 Å². The first kappa shape index (κ1) is 42.9. The molecule has 334 valence electrons. The maximum absolute atomic E-state index is 15.3. The number of fused-ring (bicyclic) bond motifs is 6. The third-order valence-electron chi connectivity index (χ3n) is 17.2. The zero-order chi connectivity index (χ0) is 43.4. The Labute approximate surface area is 375 Å². The molecule has 0 radical (unpaired) electrons. The zero-order valence-corrected chi connectivity index (χ0v) is 39.1. The number of likely N-dealkylation sites (N-methyl/N-ethyl adjacent to an activating group) is 1. The third kappa shape index (κ3) is 6.19. The molecule has 6 aliphatic heterocycles. The lowest BCUT2D eigenvalue weighted by Gasteiger charge is -2.60. The highest BCUT2D eigenvalue weighted by atomic mass is 32.2. The SMILES string of the molecule is CC[C@]1(O)C[C@H]2CC[C@](C(=O)OC)(c3ccc4c(c3)[C@@]35CCN6CC=C[C@@](CC)(C[C@](O)(C(=O)OC)C3N4C)[C@H]65)c3[nH]c4ccc(CCC5SCS[C@H]5C)cc4c3CCN(C2)C1. The average Bonchev–Trinajstić information content (AvgIpc) is 4.04. The summed E-state index contributed by atoms with van der Waals surface area (Å²) in [6.07, 6.45) is 11.8. The molecule has 10 rings (SSSR count). The van der Waals surface area contributed by atoms with E-state index in [2.05, 4.69) is 113 Å². The van der Waals surface area contributed by atoms with Gasteiger partial charge in [-0.05, 0) is 117 Å². The van der Waals surface area contributed by atoms with Crippen molar-refractivity contribution in [1.82, 2.24) is 14.8 Å². The second-order valence-electron chi connectivity index (χ2n) is 20.2. The number of nitrogens with zero attached hydrogens (tertiary/aromatic N) is 3. The van der Waals surface area contributed by atoms with Crippen molar-refractivity contribution < 1.29 is 29.3 Å². The van der Waals surface area contributed by atoms with Gasteiger partial charge in [-0.2, -0.15) is 0 Å². The van der Waals surface area contributed by atoms with Crippen LogP contribution in [0.15, 0.2) is 48.6 Å². The molecule has 10 nitrogen and oxygen atoms in total. The van der Waals surface area contributed by atoms with Crippen LogP contribution >= 0.6 is 23.5 Å². The molecule has 3 saturated heterocycles. The maximum Gasteiger partial charge on any atom is 0.340 e. The Bertz CT molecular complexity index is 2300. The molecule has 12 heteroatoms. The number of anilines is 1. The lowest BCUT2D eigenvalue weighted by molar-refractivity contribution is -0.181. The summed E-state index contributed by atoms with van der Waals surface area (Å²) in [5, 5.41) is 28.5. The summed E-state index contributed by atoms with van der Waals surface area (Å²) in [6, 6.07) is 12.9. The summed E-state index contributed by atoms with van der Waals surface area (Å²) < 4.78 is 11.5. The van der Waals surface area contributed by atoms with E-state index in [1.807, 2.05) is 7.05 Å². The number of nitrogens with one attached hydrogen (secondary N) is 1. The molecule has 62 heavy (non-hydrogen) atoms. The predicted molar refractivity (Wildman–Crippen MR) is 249 cm³/mol. The van der Waals surface area contributed by atoms with Crippen LogP contribution in [0.1, 0.15) is 100 Å². The topological polar surface area (TPSA) is 119 Å². The molecule has 1 aromatic heterocycles. The second kappa shape index (κ2) is 15.6. The van der Waals surface area contributed by atoms with Gasteiger partial charge in [-0.15, -0.1) is 23.5 Å². The van der Waals surface area contributed by atoms with Crippen molar-refractivity contribution in [3.05, 3.63) is 76.5 Å². The van der Waals surface area contributed by atoms with Crippen LogP contribution in [-0.4, -0.2) is 130 Å². The normalized spacial score (nSPS) is 38.6. The van der Waals surface area contributed by atoms with Gasteiger partial charge in [0.05, 0.1) is 25.9 Å². The van der Waals surface area contributed by atoms with E-state index in [9.17, 15) is 15.0 Å². The van der Waals surface area contributed by atoms with E-state index in [1.165, 1.54) is 24.9 Å². The number of aryl methyl sites for hydroxylation is 1. The van der Waals surface area contributed by atoms with Gasteiger partial charge in [0.25, 0.3) is 0 Å². The summed E-state index contributed by atoms with van der Waals surface area (Å²) in [6.45, 7) is 10.6. The van der Waals surface area contributed by atoms with Crippen LogP contribution in [-0.2, 0) is 42.7 Å². The number of thioether (sulfide) groups is 2. The van der Waals surface area contributed by atoms with E-state index < -0.39 is 39.5 Å². The van der Waals surface area contributed by atoms with Crippen molar-refractivity contribution in [3.8, 4) is 0 Å². The third-order valence-corrected chi connectivity index (χ3v) is 20.4. The second-order valence-corrected chi connectivity index (χ2v) is 23.1. The summed E-state index contributed by atoms with van der Waals surface area (Å²) in [5.41, 5.74) is 2.53. The van der Waals surface area contributed by atoms with Crippen LogP contribution in [0.25, 0.3) is 10.9 Å². The fourth-order valence-corrected chi connectivity index (χ4v) is 17.6. The number of carbonyl (C=O) groups is 2. The quantitative estimate of drug-likeness (QED) is 0.161. The summed E-state index contributed by atoms with van der Waals surface area (Å²) in [4.78, 5) is 40.5. The number of carbonyl (C=O) groups excluding carboxylic acids is 2. The standard InChI is InChI=1S/C50H66N4O6S2/c1-7-46-18-9-21-54-23-20-49(42(46)54)37-25-34(12-14-39(37)52(4)43(49)50(58,28-46)45(56)60-6)48(44(55)59-5)19-16-33-26-47(57,8-2)29-53(27-33)22-17-35-36-24-32(10-13-38(36)51-41(35)48)11-15-40-31(3)61-30-62-40/h9-10,12-14,18,24-25,31,33,40,42-43,51,57-58H,7-8,11,15-17,19-23,26-30H2,1-6H3/t31-,33+,40?,42-,43?,46-,47-,48-,49+,50+/m0/s1. The molecule has 3 N–H and O–H groups in total. The minimum absolute atomic E-state index is 0.0446. The van der Waals surface area contributed by atoms with Gasteiger partial charge in [0.15, 0.2) is 5.60 Å². The Kier molecular flexibility index (Phi) is 10.8. The van der Waals surface area contributed by atoms with Crippen LogP contribution in [0.5, 0.6) is 0 Å². The molecule has 0 amide bonds. The number of hydrogen-bond acceptors (Lipinski definition) is 11. The summed E-state index contributed by atoms with van der Waals surface area (Å²) in [5.74, 6) is -0.681. The number of piperidine rings is 1. The highest BCUT2D eigenvalue weighted by molar-refractivity contribution is 8.19. The fourth-order valence-electron chi connectivity index (χ4n) is 14.4. The minimum atomic E-state index is -1.76. The maximum atomic E-state index is 15.3. The lowest BCUT2D eigenvalue weighted by Crippen LogP contribution is -2.74. The van der Waals surface area contributed by atoms with E-state index in [-0.39, 0.29) is 24.3 Å². The molecular weight excluding hydrogens is 817 g/mol. The Hall–Kier alpha value is -3.00. The number of rotatable bonds is 8. The molecule has 7 aliphatic rings. The van der Waals surface area contributed by atoms with Crippen molar-refractivity contribution in [2.75, 3.05) is 64.0 Å². The number of ether oxygens (including phenoxy) is 2. The summed E-state index contributed by atoms with van der Waals surface area (Å²) >= 11 is 4.14. The monoisotopic (exact) mass is 882 g/mol. The average molecular weight is 883 g/mol. The van der Waals surface area contributed by atoms with Gasteiger partial charge >= 0.3 is 11.9 Å². The molecule has 1 aliphatic carbocycles. The molecule has 11 atom stereocenters. The number of aliphatic hydroxyl groups is 2. The molecule has 1 spiro atoms. The Morgan fingerprint density at radius 3 is 2.55 bits per heavy atom. The van der Waals surface area contributed by atoms with Gasteiger partial charge in [-0.1, -0.05) is 51.1 Å². The molecule has 3 aromatic rings. The molecule has 1 saturated carbocycles. The van der Waals surface area contributed by atoms with E-state index in [4.69, 9.17) is 9.47 Å². The highest BCUT2D eigenvalue weighted by Gasteiger charge is 2.75. The lowest BCUT2D eigenvalue weighted by atomic mass is 9.49. The van der Waals surface area contributed by atoms with E-state index in [0.717, 1.165) is 104 Å². The predicted octanol–water partition coefficient (Wildman–Crippen LogP) is 6.96. The molecule has 4 fully saturated rings. The molecule has 2 bridgehead atoms. The van der Waals surface area contributed by atoms with Crippen LogP contribution in [0.2, 0.25) is 0 Å². The van der Waals surface area contributed by atoms with Gasteiger partial charge in [-0.3, -0.25) is 14.6 Å². The smallest absolute Gasteiger partial charge is 0.340 e. The first-order valence-corrected chi connectivity index (χ1v) is 25.4. The van der Waals surface area contributed by atoms with Gasteiger partial charge in [0.2, 0.25) is 0 Å². The minimum Gasteiger partial charge on any atom is -0.468 e. The zero-order valence-electron chi connectivity index (χ0n) is 37.5. The Balaban J connectivity index is 1.17. The molecule has 7 heterocycles. The van der Waals surface area contributed by atoms with Crippen molar-refractivity contribution in [3.63, 3.8) is 0 Å². The van der Waals surface area contributed by atoms with Gasteiger partial charge in [0, 0.05) is 88.0 Å². The van der Waals surface area contributed by atoms with E-state index in [0.29, 0.717) is 36.3 Å². The fraction of sp³-hybridized carbons (Fsp3) is 0.640. The van der Waals surface area contributed by atoms with Crippen LogP contribution in [0, 0.1) is 11.3 Å². The number of H-pyrrole nitrogens is 1. The van der Waals surface area contributed by atoms with Crippen LogP contribution in [0.4, 0.5) is 5.69 Å².